The minimum atomic E-state index is 0.700. The third-order valence-corrected chi connectivity index (χ3v) is 3.26. The van der Waals surface area contributed by atoms with Crippen LogP contribution in [0.5, 0.6) is 11.5 Å². The maximum atomic E-state index is 5.67. The van der Waals surface area contributed by atoms with Crippen molar-refractivity contribution in [2.24, 2.45) is 0 Å². The molecule has 2 nitrogen and oxygen atoms in total. The van der Waals surface area contributed by atoms with Gasteiger partial charge in [-0.2, -0.15) is 11.8 Å². The fourth-order valence-electron chi connectivity index (χ4n) is 1.30. The van der Waals surface area contributed by atoms with E-state index in [1.807, 2.05) is 36.0 Å². The summed E-state index contributed by atoms with van der Waals surface area (Å²) in [7, 11) is 1.66. The summed E-state index contributed by atoms with van der Waals surface area (Å²) in [4.78, 5) is 0. The Hall–Kier alpha value is -0.830. The molecule has 0 aromatic heterocycles. The zero-order chi connectivity index (χ0) is 11.8. The van der Waals surface area contributed by atoms with Crippen LogP contribution in [0.25, 0.3) is 0 Å². The molecule has 1 aromatic carbocycles. The predicted octanol–water partition coefficient (Wildman–Crippen LogP) is 3.61. The summed E-state index contributed by atoms with van der Waals surface area (Å²) in [6.45, 7) is 5.18. The minimum absolute atomic E-state index is 0.700. The molecule has 0 aliphatic heterocycles. The van der Waals surface area contributed by atoms with E-state index in [0.29, 0.717) is 5.25 Å². The summed E-state index contributed by atoms with van der Waals surface area (Å²) in [5, 5.41) is 0.700. The molecule has 0 saturated heterocycles. The van der Waals surface area contributed by atoms with Crippen molar-refractivity contribution in [3.63, 3.8) is 0 Å². The first-order chi connectivity index (χ1) is 7.74. The molecule has 0 N–H and O–H groups in total. The van der Waals surface area contributed by atoms with Crippen LogP contribution in [0.3, 0.4) is 0 Å². The number of thioether (sulfide) groups is 1. The summed E-state index contributed by atoms with van der Waals surface area (Å²) in [5.74, 6) is 2.78. The van der Waals surface area contributed by atoms with Crippen LogP contribution in [-0.4, -0.2) is 24.7 Å². The fraction of sp³-hybridized carbons (Fsp3) is 0.538. The summed E-state index contributed by atoms with van der Waals surface area (Å²) >= 11 is 1.97. The second-order valence-electron chi connectivity index (χ2n) is 3.77. The van der Waals surface area contributed by atoms with Gasteiger partial charge in [0.15, 0.2) is 11.5 Å². The van der Waals surface area contributed by atoms with E-state index in [4.69, 9.17) is 9.47 Å². The van der Waals surface area contributed by atoms with Crippen LogP contribution in [0, 0.1) is 0 Å². The molecule has 3 heteroatoms. The summed E-state index contributed by atoms with van der Waals surface area (Å²) in [6.07, 6.45) is 1.07. The fourth-order valence-corrected chi connectivity index (χ4v) is 2.05. The number of para-hydroxylation sites is 2. The lowest BCUT2D eigenvalue weighted by atomic mass is 10.3. The molecular weight excluding hydrogens is 220 g/mol. The van der Waals surface area contributed by atoms with Crippen molar-refractivity contribution < 1.29 is 9.47 Å². The zero-order valence-electron chi connectivity index (χ0n) is 10.2. The topological polar surface area (TPSA) is 18.5 Å². The highest BCUT2D eigenvalue weighted by Gasteiger charge is 2.01. The normalized spacial score (nSPS) is 10.5. The second kappa shape index (κ2) is 7.44. The molecule has 16 heavy (non-hydrogen) atoms. The third kappa shape index (κ3) is 4.79. The lowest BCUT2D eigenvalue weighted by molar-refractivity contribution is 0.295. The molecule has 0 heterocycles. The van der Waals surface area contributed by atoms with Crippen LogP contribution in [0.4, 0.5) is 0 Å². The van der Waals surface area contributed by atoms with E-state index in [0.717, 1.165) is 30.3 Å². The molecule has 0 bridgehead atoms. The number of methoxy groups -OCH3 is 1. The van der Waals surface area contributed by atoms with E-state index in [-0.39, 0.29) is 0 Å². The Morgan fingerprint density at radius 2 is 1.88 bits per heavy atom. The summed E-state index contributed by atoms with van der Waals surface area (Å²) in [5.41, 5.74) is 0. The number of rotatable bonds is 7. The molecular formula is C13H20O2S. The Morgan fingerprint density at radius 1 is 1.19 bits per heavy atom. The van der Waals surface area contributed by atoms with Crippen LogP contribution in [0.1, 0.15) is 20.3 Å². The average molecular weight is 240 g/mol. The number of hydrogen-bond acceptors (Lipinski definition) is 3. The van der Waals surface area contributed by atoms with E-state index in [2.05, 4.69) is 13.8 Å². The van der Waals surface area contributed by atoms with Crippen LogP contribution in [0.2, 0.25) is 0 Å². The van der Waals surface area contributed by atoms with Crippen molar-refractivity contribution >= 4 is 11.8 Å². The average Bonchev–Trinajstić information content (AvgIpc) is 2.29. The van der Waals surface area contributed by atoms with Gasteiger partial charge in [0.1, 0.15) is 0 Å². The number of benzene rings is 1. The lowest BCUT2D eigenvalue weighted by Gasteiger charge is -2.10. The molecule has 0 saturated carbocycles. The van der Waals surface area contributed by atoms with Gasteiger partial charge in [-0.15, -0.1) is 0 Å². The van der Waals surface area contributed by atoms with Gasteiger partial charge in [0, 0.05) is 0 Å². The molecule has 0 atom stereocenters. The van der Waals surface area contributed by atoms with Gasteiger partial charge in [-0.25, -0.2) is 0 Å². The van der Waals surface area contributed by atoms with Gasteiger partial charge in [-0.3, -0.25) is 0 Å². The molecule has 0 aliphatic carbocycles. The first-order valence-electron chi connectivity index (χ1n) is 5.61. The highest BCUT2D eigenvalue weighted by Crippen LogP contribution is 2.25. The lowest BCUT2D eigenvalue weighted by Crippen LogP contribution is -2.01. The first kappa shape index (κ1) is 13.2. The second-order valence-corrected chi connectivity index (χ2v) is 5.46. The van der Waals surface area contributed by atoms with Crippen molar-refractivity contribution in [2.75, 3.05) is 19.5 Å². The quantitative estimate of drug-likeness (QED) is 0.678. The Labute approximate surface area is 102 Å². The van der Waals surface area contributed by atoms with Gasteiger partial charge in [0.05, 0.1) is 13.7 Å². The summed E-state index contributed by atoms with van der Waals surface area (Å²) in [6, 6.07) is 7.76. The SMILES string of the molecule is COc1ccccc1OCCCSC(C)C. The molecule has 0 fully saturated rings. The Bertz CT molecular complexity index is 300. The molecule has 90 valence electrons. The van der Waals surface area contributed by atoms with E-state index >= 15 is 0 Å². The van der Waals surface area contributed by atoms with Crippen molar-refractivity contribution in [3.8, 4) is 11.5 Å². The van der Waals surface area contributed by atoms with Crippen LogP contribution < -0.4 is 9.47 Å². The molecule has 0 aliphatic rings. The van der Waals surface area contributed by atoms with Gasteiger partial charge < -0.3 is 9.47 Å². The maximum Gasteiger partial charge on any atom is 0.161 e. The van der Waals surface area contributed by atoms with Gasteiger partial charge in [0.2, 0.25) is 0 Å². The molecule has 0 amide bonds. The molecule has 0 spiro atoms. The molecule has 1 rings (SSSR count). The van der Waals surface area contributed by atoms with Gasteiger partial charge in [-0.1, -0.05) is 26.0 Å². The smallest absolute Gasteiger partial charge is 0.161 e. The summed E-state index contributed by atoms with van der Waals surface area (Å²) < 4.78 is 10.9. The van der Waals surface area contributed by atoms with Crippen LogP contribution in [-0.2, 0) is 0 Å². The monoisotopic (exact) mass is 240 g/mol. The van der Waals surface area contributed by atoms with Crippen LogP contribution in [0.15, 0.2) is 24.3 Å². The van der Waals surface area contributed by atoms with Crippen LogP contribution >= 0.6 is 11.8 Å². The predicted molar refractivity (Wildman–Crippen MR) is 70.7 cm³/mol. The van der Waals surface area contributed by atoms with Gasteiger partial charge in [-0.05, 0) is 29.6 Å². The number of hydrogen-bond donors (Lipinski definition) is 0. The Balaban J connectivity index is 2.26. The minimum Gasteiger partial charge on any atom is -0.493 e. The largest absolute Gasteiger partial charge is 0.493 e. The van der Waals surface area contributed by atoms with Crippen molar-refractivity contribution in [2.45, 2.75) is 25.5 Å². The third-order valence-electron chi connectivity index (χ3n) is 2.07. The van der Waals surface area contributed by atoms with Gasteiger partial charge >= 0.3 is 0 Å². The molecule has 0 radical (unpaired) electrons. The first-order valence-corrected chi connectivity index (χ1v) is 6.66. The number of ether oxygens (including phenoxy) is 2. The Morgan fingerprint density at radius 3 is 2.50 bits per heavy atom. The zero-order valence-corrected chi connectivity index (χ0v) is 11.0. The van der Waals surface area contributed by atoms with E-state index < -0.39 is 0 Å². The van der Waals surface area contributed by atoms with Crippen molar-refractivity contribution in [3.05, 3.63) is 24.3 Å². The maximum absolute atomic E-state index is 5.67. The highest BCUT2D eigenvalue weighted by atomic mass is 32.2. The molecule has 1 aromatic rings. The van der Waals surface area contributed by atoms with Gasteiger partial charge in [0.25, 0.3) is 0 Å². The standard InChI is InChI=1S/C13H20O2S/c1-11(2)16-10-6-9-15-13-8-5-4-7-12(13)14-3/h4-5,7-8,11H,6,9-10H2,1-3H3. The van der Waals surface area contributed by atoms with E-state index in [1.54, 1.807) is 7.11 Å². The van der Waals surface area contributed by atoms with Crippen molar-refractivity contribution in [1.29, 1.82) is 0 Å². The Kier molecular flexibility index (Phi) is 6.16. The molecule has 0 unspecified atom stereocenters. The highest BCUT2D eigenvalue weighted by molar-refractivity contribution is 7.99. The van der Waals surface area contributed by atoms with Crippen molar-refractivity contribution in [1.82, 2.24) is 0 Å². The van der Waals surface area contributed by atoms with E-state index in [9.17, 15) is 0 Å². The van der Waals surface area contributed by atoms with E-state index in [1.165, 1.54) is 0 Å².